The molecule has 2 aromatic rings. The molecule has 0 aliphatic rings. The average Bonchev–Trinajstić information content (AvgIpc) is 2.39. The first-order valence-corrected chi connectivity index (χ1v) is 5.84. The van der Waals surface area contributed by atoms with Crippen molar-refractivity contribution in [2.24, 2.45) is 0 Å². The zero-order valence-corrected chi connectivity index (χ0v) is 10.4. The molecule has 0 aliphatic heterocycles. The van der Waals surface area contributed by atoms with Crippen LogP contribution < -0.4 is 4.74 Å². The van der Waals surface area contributed by atoms with E-state index in [-0.39, 0.29) is 11.4 Å². The lowest BCUT2D eigenvalue weighted by molar-refractivity contribution is -0.384. The molecule has 0 saturated heterocycles. The zero-order valence-electron chi connectivity index (χ0n) is 10.4. The summed E-state index contributed by atoms with van der Waals surface area (Å²) in [7, 11) is 0. The second-order valence-electron chi connectivity index (χ2n) is 4.00. The summed E-state index contributed by atoms with van der Waals surface area (Å²) in [6.07, 6.45) is 0.740. The maximum Gasteiger partial charge on any atom is 0.269 e. The SMILES string of the molecule is CCc1ccc(Oc2ccc([N+](=O)[O-])cc2)cc1O. The van der Waals surface area contributed by atoms with E-state index in [1.54, 1.807) is 12.1 Å². The van der Waals surface area contributed by atoms with Crippen LogP contribution in [0.1, 0.15) is 12.5 Å². The van der Waals surface area contributed by atoms with Gasteiger partial charge in [-0.25, -0.2) is 0 Å². The third-order valence-electron chi connectivity index (χ3n) is 2.72. The highest BCUT2D eigenvalue weighted by atomic mass is 16.6. The minimum Gasteiger partial charge on any atom is -0.508 e. The van der Waals surface area contributed by atoms with Gasteiger partial charge in [0.2, 0.25) is 0 Å². The fourth-order valence-corrected chi connectivity index (χ4v) is 1.68. The molecule has 0 spiro atoms. The number of hydrogen-bond acceptors (Lipinski definition) is 4. The highest BCUT2D eigenvalue weighted by Gasteiger charge is 2.06. The molecule has 0 saturated carbocycles. The van der Waals surface area contributed by atoms with Crippen molar-refractivity contribution in [1.29, 1.82) is 0 Å². The molecule has 2 rings (SSSR count). The van der Waals surface area contributed by atoms with E-state index in [0.29, 0.717) is 11.5 Å². The average molecular weight is 259 g/mol. The van der Waals surface area contributed by atoms with Crippen LogP contribution >= 0.6 is 0 Å². The number of aromatic hydroxyl groups is 1. The summed E-state index contributed by atoms with van der Waals surface area (Å²) < 4.78 is 5.51. The maximum atomic E-state index is 10.5. The van der Waals surface area contributed by atoms with E-state index < -0.39 is 4.92 Å². The van der Waals surface area contributed by atoms with Crippen molar-refractivity contribution in [3.63, 3.8) is 0 Å². The number of nitrogens with zero attached hydrogens (tertiary/aromatic N) is 1. The Kier molecular flexibility index (Phi) is 3.66. The van der Waals surface area contributed by atoms with Crippen LogP contribution in [0.4, 0.5) is 5.69 Å². The summed E-state index contributed by atoms with van der Waals surface area (Å²) in [5.41, 5.74) is 0.854. The normalized spacial score (nSPS) is 10.2. The van der Waals surface area contributed by atoms with E-state index >= 15 is 0 Å². The maximum absolute atomic E-state index is 10.5. The Balaban J connectivity index is 2.16. The van der Waals surface area contributed by atoms with Crippen molar-refractivity contribution in [3.8, 4) is 17.2 Å². The van der Waals surface area contributed by atoms with Crippen LogP contribution in [0.5, 0.6) is 17.2 Å². The summed E-state index contributed by atoms with van der Waals surface area (Å²) in [6.45, 7) is 1.95. The third-order valence-corrected chi connectivity index (χ3v) is 2.72. The molecule has 0 aliphatic carbocycles. The van der Waals surface area contributed by atoms with Gasteiger partial charge >= 0.3 is 0 Å². The molecule has 0 atom stereocenters. The first kappa shape index (κ1) is 12.9. The highest BCUT2D eigenvalue weighted by molar-refractivity contribution is 5.43. The molecule has 0 unspecified atom stereocenters. The van der Waals surface area contributed by atoms with Crippen molar-refractivity contribution >= 4 is 5.69 Å². The van der Waals surface area contributed by atoms with Gasteiger partial charge in [-0.05, 0) is 30.2 Å². The number of ether oxygens (including phenoxy) is 1. The van der Waals surface area contributed by atoms with Gasteiger partial charge in [0, 0.05) is 18.2 Å². The number of benzene rings is 2. The summed E-state index contributed by atoms with van der Waals surface area (Å²) in [5.74, 6) is 1.15. The molecule has 0 aromatic heterocycles. The lowest BCUT2D eigenvalue weighted by Gasteiger charge is -2.07. The van der Waals surface area contributed by atoms with E-state index in [1.165, 1.54) is 30.3 Å². The summed E-state index contributed by atoms with van der Waals surface area (Å²) in [4.78, 5) is 10.1. The Morgan fingerprint density at radius 3 is 2.32 bits per heavy atom. The number of aryl methyl sites for hydroxylation is 1. The van der Waals surface area contributed by atoms with E-state index in [4.69, 9.17) is 4.74 Å². The fraction of sp³-hybridized carbons (Fsp3) is 0.143. The highest BCUT2D eigenvalue weighted by Crippen LogP contribution is 2.28. The summed E-state index contributed by atoms with van der Waals surface area (Å²) >= 11 is 0. The van der Waals surface area contributed by atoms with Gasteiger partial charge in [-0.1, -0.05) is 13.0 Å². The number of hydrogen-bond donors (Lipinski definition) is 1. The molecule has 19 heavy (non-hydrogen) atoms. The molecule has 0 fully saturated rings. The van der Waals surface area contributed by atoms with Gasteiger partial charge in [0.25, 0.3) is 5.69 Å². The Morgan fingerprint density at radius 2 is 1.79 bits per heavy atom. The zero-order chi connectivity index (χ0) is 13.8. The smallest absolute Gasteiger partial charge is 0.269 e. The van der Waals surface area contributed by atoms with Crippen LogP contribution in [0.2, 0.25) is 0 Å². The van der Waals surface area contributed by atoms with Gasteiger partial charge in [0.1, 0.15) is 17.2 Å². The van der Waals surface area contributed by atoms with Crippen molar-refractivity contribution in [2.75, 3.05) is 0 Å². The minimum absolute atomic E-state index is 0.0107. The largest absolute Gasteiger partial charge is 0.508 e. The molecule has 0 radical (unpaired) electrons. The predicted octanol–water partition coefficient (Wildman–Crippen LogP) is 3.66. The molecule has 0 heterocycles. The van der Waals surface area contributed by atoms with Crippen molar-refractivity contribution in [1.82, 2.24) is 0 Å². The topological polar surface area (TPSA) is 72.6 Å². The van der Waals surface area contributed by atoms with Gasteiger partial charge in [-0.2, -0.15) is 0 Å². The van der Waals surface area contributed by atoms with Crippen LogP contribution in [0, 0.1) is 10.1 Å². The van der Waals surface area contributed by atoms with Crippen molar-refractivity contribution in [2.45, 2.75) is 13.3 Å². The van der Waals surface area contributed by atoms with E-state index in [1.807, 2.05) is 6.92 Å². The Labute approximate surface area is 110 Å². The number of non-ortho nitro benzene ring substituents is 1. The van der Waals surface area contributed by atoms with E-state index in [2.05, 4.69) is 0 Å². The van der Waals surface area contributed by atoms with Gasteiger partial charge in [0.05, 0.1) is 4.92 Å². The number of phenols is 1. The number of rotatable bonds is 4. The third kappa shape index (κ3) is 3.01. The van der Waals surface area contributed by atoms with Crippen LogP contribution in [0.3, 0.4) is 0 Å². The number of nitro benzene ring substituents is 1. The molecule has 5 heteroatoms. The lowest BCUT2D eigenvalue weighted by atomic mass is 10.1. The quantitative estimate of drug-likeness (QED) is 0.671. The molecule has 1 N–H and O–H groups in total. The Bertz CT molecular complexity index is 593. The van der Waals surface area contributed by atoms with Crippen LogP contribution in [0.15, 0.2) is 42.5 Å². The Hall–Kier alpha value is -2.56. The second kappa shape index (κ2) is 5.39. The number of phenolic OH excluding ortho intramolecular Hbond substituents is 1. The predicted molar refractivity (Wildman–Crippen MR) is 70.7 cm³/mol. The van der Waals surface area contributed by atoms with E-state index in [9.17, 15) is 15.2 Å². The van der Waals surface area contributed by atoms with Crippen molar-refractivity contribution < 1.29 is 14.8 Å². The first-order chi connectivity index (χ1) is 9.10. The molecular weight excluding hydrogens is 246 g/mol. The molecule has 98 valence electrons. The first-order valence-electron chi connectivity index (χ1n) is 5.84. The van der Waals surface area contributed by atoms with Crippen LogP contribution in [-0.4, -0.2) is 10.0 Å². The van der Waals surface area contributed by atoms with Crippen molar-refractivity contribution in [3.05, 3.63) is 58.1 Å². The van der Waals surface area contributed by atoms with Gasteiger partial charge in [-0.3, -0.25) is 10.1 Å². The fourth-order valence-electron chi connectivity index (χ4n) is 1.68. The molecule has 0 amide bonds. The molecule has 0 bridgehead atoms. The van der Waals surface area contributed by atoms with Gasteiger partial charge in [-0.15, -0.1) is 0 Å². The Morgan fingerprint density at radius 1 is 1.16 bits per heavy atom. The van der Waals surface area contributed by atoms with Crippen LogP contribution in [0.25, 0.3) is 0 Å². The monoisotopic (exact) mass is 259 g/mol. The van der Waals surface area contributed by atoms with Crippen LogP contribution in [-0.2, 0) is 6.42 Å². The lowest BCUT2D eigenvalue weighted by Crippen LogP contribution is -1.89. The number of nitro groups is 1. The standard InChI is InChI=1S/C14H13NO4/c1-2-10-3-6-13(9-14(10)16)19-12-7-4-11(5-8-12)15(17)18/h3-9,16H,2H2,1H3. The molecular formula is C14H13NO4. The minimum atomic E-state index is -0.467. The molecule has 2 aromatic carbocycles. The van der Waals surface area contributed by atoms with E-state index in [0.717, 1.165) is 12.0 Å². The van der Waals surface area contributed by atoms with Gasteiger partial charge in [0.15, 0.2) is 0 Å². The molecule has 5 nitrogen and oxygen atoms in total. The summed E-state index contributed by atoms with van der Waals surface area (Å²) in [6, 6.07) is 10.8. The second-order valence-corrected chi connectivity index (χ2v) is 4.00. The van der Waals surface area contributed by atoms with Gasteiger partial charge < -0.3 is 9.84 Å². The summed E-state index contributed by atoms with van der Waals surface area (Å²) in [5, 5.41) is 20.2.